The number of benzene rings is 2. The zero-order chi connectivity index (χ0) is 12.8. The molecule has 0 fully saturated rings. The zero-order valence-electron chi connectivity index (χ0n) is 9.60. The fourth-order valence-corrected chi connectivity index (χ4v) is 1.56. The molecule has 88 valence electrons. The second-order valence-corrected chi connectivity index (χ2v) is 3.69. The molecule has 0 spiro atoms. The number of nitrogens with zero attached hydrogens (tertiary/aromatic N) is 1. The highest BCUT2D eigenvalue weighted by molar-refractivity contribution is 5.78. The van der Waals surface area contributed by atoms with Crippen molar-refractivity contribution in [2.75, 3.05) is 5.32 Å². The zero-order valence-corrected chi connectivity index (χ0v) is 9.60. The fourth-order valence-electron chi connectivity index (χ4n) is 1.56. The monoisotopic (exact) mass is 238 g/mol. The van der Waals surface area contributed by atoms with E-state index in [0.717, 1.165) is 11.3 Å². The quantitative estimate of drug-likeness (QED) is 0.825. The molecule has 0 aliphatic heterocycles. The Morgan fingerprint density at radius 1 is 1.06 bits per heavy atom. The van der Waals surface area contributed by atoms with Crippen molar-refractivity contribution >= 4 is 11.4 Å². The second-order valence-electron chi connectivity index (χ2n) is 3.69. The van der Waals surface area contributed by atoms with Crippen LogP contribution in [0.5, 0.6) is 0 Å². The molecule has 0 atom stereocenters. The van der Waals surface area contributed by atoms with E-state index in [4.69, 9.17) is 5.26 Å². The Bertz CT molecular complexity index is 580. The van der Waals surface area contributed by atoms with Crippen LogP contribution in [0.4, 0.5) is 10.1 Å². The summed E-state index contributed by atoms with van der Waals surface area (Å²) in [6.45, 7) is 0. The molecule has 2 rings (SSSR count). The first kappa shape index (κ1) is 11.9. The van der Waals surface area contributed by atoms with E-state index in [1.807, 2.05) is 36.4 Å². The van der Waals surface area contributed by atoms with Gasteiger partial charge in [0, 0.05) is 11.8 Å². The lowest BCUT2D eigenvalue weighted by atomic mass is 10.1. The predicted molar refractivity (Wildman–Crippen MR) is 70.1 cm³/mol. The van der Waals surface area contributed by atoms with E-state index in [-0.39, 0.29) is 5.82 Å². The summed E-state index contributed by atoms with van der Waals surface area (Å²) in [5, 5.41) is 11.9. The van der Waals surface area contributed by atoms with Gasteiger partial charge in [-0.15, -0.1) is 0 Å². The Balaban J connectivity index is 2.26. The molecule has 0 amide bonds. The maximum Gasteiger partial charge on any atom is 0.123 e. The number of nitriles is 1. The van der Waals surface area contributed by atoms with Crippen LogP contribution in [-0.2, 0) is 0 Å². The van der Waals surface area contributed by atoms with Crippen molar-refractivity contribution in [1.29, 1.82) is 5.26 Å². The molecule has 1 N–H and O–H groups in total. The minimum Gasteiger partial charge on any atom is -0.354 e. The molecule has 2 aromatic rings. The van der Waals surface area contributed by atoms with Crippen LogP contribution < -0.4 is 5.32 Å². The maximum atomic E-state index is 12.8. The normalized spacial score (nSPS) is 10.8. The molecular weight excluding hydrogens is 227 g/mol. The number of hydrogen-bond acceptors (Lipinski definition) is 2. The van der Waals surface area contributed by atoms with E-state index >= 15 is 0 Å². The molecule has 0 saturated carbocycles. The van der Waals surface area contributed by atoms with Crippen LogP contribution in [0.3, 0.4) is 0 Å². The second kappa shape index (κ2) is 5.65. The Morgan fingerprint density at radius 2 is 1.72 bits per heavy atom. The Labute approximate surface area is 105 Å². The van der Waals surface area contributed by atoms with Crippen molar-refractivity contribution in [2.45, 2.75) is 0 Å². The smallest absolute Gasteiger partial charge is 0.123 e. The van der Waals surface area contributed by atoms with Gasteiger partial charge in [-0.3, -0.25) is 0 Å². The molecule has 0 saturated heterocycles. The third-order valence-electron chi connectivity index (χ3n) is 2.42. The molecule has 0 aliphatic rings. The average molecular weight is 238 g/mol. The van der Waals surface area contributed by atoms with Crippen LogP contribution in [0.15, 0.2) is 60.7 Å². The minimum absolute atomic E-state index is 0.286. The van der Waals surface area contributed by atoms with Crippen LogP contribution >= 0.6 is 0 Å². The van der Waals surface area contributed by atoms with Gasteiger partial charge in [-0.1, -0.05) is 30.3 Å². The summed E-state index contributed by atoms with van der Waals surface area (Å²) in [7, 11) is 0. The van der Waals surface area contributed by atoms with Crippen LogP contribution in [0.25, 0.3) is 5.70 Å². The predicted octanol–water partition coefficient (Wildman–Crippen LogP) is 3.80. The van der Waals surface area contributed by atoms with Gasteiger partial charge in [0.1, 0.15) is 5.82 Å². The summed E-state index contributed by atoms with van der Waals surface area (Å²) >= 11 is 0. The number of allylic oxidation sites excluding steroid dienone is 1. The Morgan fingerprint density at radius 3 is 2.33 bits per heavy atom. The van der Waals surface area contributed by atoms with Gasteiger partial charge in [-0.05, 0) is 29.8 Å². The van der Waals surface area contributed by atoms with Gasteiger partial charge in [0.25, 0.3) is 0 Å². The fraction of sp³-hybridized carbons (Fsp3) is 0. The lowest BCUT2D eigenvalue weighted by Crippen LogP contribution is -1.98. The van der Waals surface area contributed by atoms with Crippen LogP contribution in [0, 0.1) is 17.1 Å². The summed E-state index contributed by atoms with van der Waals surface area (Å²) < 4.78 is 12.8. The van der Waals surface area contributed by atoms with Crippen molar-refractivity contribution in [3.8, 4) is 6.07 Å². The first-order valence-corrected chi connectivity index (χ1v) is 5.47. The molecular formula is C15H11FN2. The topological polar surface area (TPSA) is 35.8 Å². The summed E-state index contributed by atoms with van der Waals surface area (Å²) in [5.74, 6) is -0.286. The molecule has 3 heteroatoms. The Kier molecular flexibility index (Phi) is 3.72. The van der Waals surface area contributed by atoms with E-state index in [2.05, 4.69) is 5.32 Å². The molecule has 0 bridgehead atoms. The van der Waals surface area contributed by atoms with E-state index in [1.165, 1.54) is 18.2 Å². The van der Waals surface area contributed by atoms with Crippen molar-refractivity contribution < 1.29 is 4.39 Å². The van der Waals surface area contributed by atoms with Gasteiger partial charge in [-0.2, -0.15) is 5.26 Å². The van der Waals surface area contributed by atoms with E-state index in [1.54, 1.807) is 12.1 Å². The average Bonchev–Trinajstić information content (AvgIpc) is 2.42. The minimum atomic E-state index is -0.286. The van der Waals surface area contributed by atoms with E-state index < -0.39 is 0 Å². The number of rotatable bonds is 3. The summed E-state index contributed by atoms with van der Waals surface area (Å²) in [6, 6.07) is 17.5. The molecule has 0 unspecified atom stereocenters. The van der Waals surface area contributed by atoms with Crippen LogP contribution in [-0.4, -0.2) is 0 Å². The highest BCUT2D eigenvalue weighted by Gasteiger charge is 2.01. The molecule has 2 aromatic carbocycles. The molecule has 18 heavy (non-hydrogen) atoms. The Hall–Kier alpha value is -2.60. The van der Waals surface area contributed by atoms with E-state index in [0.29, 0.717) is 5.70 Å². The number of anilines is 1. The largest absolute Gasteiger partial charge is 0.354 e. The van der Waals surface area contributed by atoms with Gasteiger partial charge in [-0.25, -0.2) is 4.39 Å². The van der Waals surface area contributed by atoms with Gasteiger partial charge < -0.3 is 5.32 Å². The SMILES string of the molecule is N#C/C=C(/Nc1ccc(F)cc1)c1ccccc1. The lowest BCUT2D eigenvalue weighted by molar-refractivity contribution is 0.628. The van der Waals surface area contributed by atoms with Crippen molar-refractivity contribution in [3.63, 3.8) is 0 Å². The highest BCUT2D eigenvalue weighted by atomic mass is 19.1. The summed E-state index contributed by atoms with van der Waals surface area (Å²) in [4.78, 5) is 0. The van der Waals surface area contributed by atoms with Gasteiger partial charge in [0.2, 0.25) is 0 Å². The lowest BCUT2D eigenvalue weighted by Gasteiger charge is -2.10. The maximum absolute atomic E-state index is 12.8. The molecule has 2 nitrogen and oxygen atoms in total. The number of nitrogens with one attached hydrogen (secondary N) is 1. The van der Waals surface area contributed by atoms with Gasteiger partial charge in [0.15, 0.2) is 0 Å². The summed E-state index contributed by atoms with van der Waals surface area (Å²) in [6.07, 6.45) is 1.43. The van der Waals surface area contributed by atoms with Gasteiger partial charge >= 0.3 is 0 Å². The third-order valence-corrected chi connectivity index (χ3v) is 2.42. The molecule has 0 aliphatic carbocycles. The third kappa shape index (κ3) is 2.96. The standard InChI is InChI=1S/C15H11FN2/c16-13-6-8-14(9-7-13)18-15(10-11-17)12-4-2-1-3-5-12/h1-10,18H/b15-10+. The molecule has 0 radical (unpaired) electrons. The van der Waals surface area contributed by atoms with Crippen molar-refractivity contribution in [2.24, 2.45) is 0 Å². The first-order chi connectivity index (χ1) is 8.79. The van der Waals surface area contributed by atoms with Crippen molar-refractivity contribution in [1.82, 2.24) is 0 Å². The number of halogens is 1. The first-order valence-electron chi connectivity index (χ1n) is 5.47. The van der Waals surface area contributed by atoms with Gasteiger partial charge in [0.05, 0.1) is 11.8 Å². The van der Waals surface area contributed by atoms with E-state index in [9.17, 15) is 4.39 Å². The highest BCUT2D eigenvalue weighted by Crippen LogP contribution is 2.18. The van der Waals surface area contributed by atoms with Crippen molar-refractivity contribution in [3.05, 3.63) is 72.1 Å². The van der Waals surface area contributed by atoms with Crippen LogP contribution in [0.2, 0.25) is 0 Å². The summed E-state index contributed by atoms with van der Waals surface area (Å²) in [5.41, 5.74) is 2.33. The molecule has 0 aromatic heterocycles. The number of hydrogen-bond donors (Lipinski definition) is 1. The van der Waals surface area contributed by atoms with Crippen LogP contribution in [0.1, 0.15) is 5.56 Å². The molecule has 0 heterocycles.